The number of nitrogens with zero attached hydrogens (tertiary/aromatic N) is 1. The lowest BCUT2D eigenvalue weighted by Gasteiger charge is -2.15. The van der Waals surface area contributed by atoms with Gasteiger partial charge in [-0.25, -0.2) is 0 Å². The lowest BCUT2D eigenvalue weighted by atomic mass is 10.2. The van der Waals surface area contributed by atoms with E-state index in [0.717, 1.165) is 12.1 Å². The largest absolute Gasteiger partial charge is 0.491 e. The minimum Gasteiger partial charge on any atom is -0.491 e. The first-order valence-electron chi connectivity index (χ1n) is 8.07. The lowest BCUT2D eigenvalue weighted by molar-refractivity contribution is 0.0689. The predicted molar refractivity (Wildman–Crippen MR) is 90.6 cm³/mol. The quantitative estimate of drug-likeness (QED) is 0.477. The van der Waals surface area contributed by atoms with Gasteiger partial charge in [0.25, 0.3) is 0 Å². The van der Waals surface area contributed by atoms with Crippen LogP contribution in [0.15, 0.2) is 18.2 Å². The highest BCUT2D eigenvalue weighted by Crippen LogP contribution is 2.24. The smallest absolute Gasteiger partial charge is 0.123 e. The molecule has 0 aliphatic heterocycles. The monoisotopic (exact) mass is 343 g/mol. The highest BCUT2D eigenvalue weighted by Gasteiger charge is 2.05. The molecule has 2 N–H and O–H groups in total. The summed E-state index contributed by atoms with van der Waals surface area (Å²) < 4.78 is 21.7. The average Bonchev–Trinajstić information content (AvgIpc) is 2.54. The van der Waals surface area contributed by atoms with Crippen molar-refractivity contribution >= 4 is 0 Å². The molecule has 0 spiro atoms. The van der Waals surface area contributed by atoms with E-state index in [4.69, 9.17) is 29.2 Å². The number of rotatable bonds is 14. The van der Waals surface area contributed by atoms with Crippen LogP contribution < -0.4 is 9.47 Å². The van der Waals surface area contributed by atoms with Gasteiger partial charge in [-0.05, 0) is 31.8 Å². The van der Waals surface area contributed by atoms with Crippen molar-refractivity contribution in [1.29, 1.82) is 0 Å². The fraction of sp³-hybridized carbons (Fsp3) is 0.647. The van der Waals surface area contributed by atoms with Crippen molar-refractivity contribution in [1.82, 2.24) is 4.90 Å². The number of hydrogen-bond donors (Lipinski definition) is 2. The van der Waals surface area contributed by atoms with E-state index in [2.05, 4.69) is 4.90 Å². The Labute approximate surface area is 143 Å². The molecule has 138 valence electrons. The first kappa shape index (κ1) is 20.7. The molecule has 0 aromatic heterocycles. The summed E-state index contributed by atoms with van der Waals surface area (Å²) in [5.41, 5.74) is 1.08. The van der Waals surface area contributed by atoms with Crippen LogP contribution in [0.5, 0.6) is 11.5 Å². The third kappa shape index (κ3) is 9.69. The zero-order valence-electron chi connectivity index (χ0n) is 14.6. The van der Waals surface area contributed by atoms with E-state index >= 15 is 0 Å². The third-order valence-corrected chi connectivity index (χ3v) is 2.90. The maximum atomic E-state index is 8.66. The van der Waals surface area contributed by atoms with Gasteiger partial charge in [0.15, 0.2) is 0 Å². The molecule has 0 aliphatic rings. The minimum atomic E-state index is 0.00859. The van der Waals surface area contributed by atoms with Crippen LogP contribution >= 0.6 is 0 Å². The fourth-order valence-electron chi connectivity index (χ4n) is 2.02. The second kappa shape index (κ2) is 13.0. The normalized spacial score (nSPS) is 11.0. The van der Waals surface area contributed by atoms with Crippen molar-refractivity contribution in [2.75, 3.05) is 67.0 Å². The van der Waals surface area contributed by atoms with Crippen molar-refractivity contribution in [3.8, 4) is 11.5 Å². The number of benzene rings is 1. The van der Waals surface area contributed by atoms with Crippen LogP contribution in [-0.2, 0) is 16.0 Å². The number of aliphatic hydroxyl groups excluding tert-OH is 2. The van der Waals surface area contributed by atoms with Gasteiger partial charge in [-0.3, -0.25) is 0 Å². The minimum absolute atomic E-state index is 0.00859. The molecule has 7 heteroatoms. The Morgan fingerprint density at radius 1 is 0.750 bits per heavy atom. The van der Waals surface area contributed by atoms with E-state index < -0.39 is 0 Å². The van der Waals surface area contributed by atoms with Gasteiger partial charge in [-0.15, -0.1) is 0 Å². The van der Waals surface area contributed by atoms with Crippen molar-refractivity contribution in [2.24, 2.45) is 0 Å². The van der Waals surface area contributed by atoms with Crippen LogP contribution in [0, 0.1) is 0 Å². The molecule has 0 saturated heterocycles. The van der Waals surface area contributed by atoms with E-state index in [9.17, 15) is 0 Å². The van der Waals surface area contributed by atoms with Gasteiger partial charge < -0.3 is 34.1 Å². The maximum absolute atomic E-state index is 8.66. The van der Waals surface area contributed by atoms with E-state index in [1.807, 2.05) is 32.3 Å². The van der Waals surface area contributed by atoms with E-state index in [-0.39, 0.29) is 13.2 Å². The van der Waals surface area contributed by atoms with E-state index in [1.165, 1.54) is 0 Å². The summed E-state index contributed by atoms with van der Waals surface area (Å²) in [6.07, 6.45) is 0. The summed E-state index contributed by atoms with van der Waals surface area (Å²) in [7, 11) is 4.00. The molecule has 1 aromatic rings. The molecule has 0 fully saturated rings. The first-order chi connectivity index (χ1) is 11.7. The molecule has 24 heavy (non-hydrogen) atoms. The molecule has 7 nitrogen and oxygen atoms in total. The molecule has 0 aliphatic carbocycles. The summed E-state index contributed by atoms with van der Waals surface area (Å²) in [6, 6.07) is 5.78. The summed E-state index contributed by atoms with van der Waals surface area (Å²) in [6.45, 7) is 3.07. The molecule has 0 atom stereocenters. The van der Waals surface area contributed by atoms with E-state index in [0.29, 0.717) is 51.1 Å². The van der Waals surface area contributed by atoms with Gasteiger partial charge >= 0.3 is 0 Å². The topological polar surface area (TPSA) is 80.6 Å². The van der Waals surface area contributed by atoms with Gasteiger partial charge in [0.1, 0.15) is 24.7 Å². The second-order valence-electron chi connectivity index (χ2n) is 5.42. The molecule has 0 saturated carbocycles. The van der Waals surface area contributed by atoms with Crippen molar-refractivity contribution in [2.45, 2.75) is 6.54 Å². The molecule has 0 radical (unpaired) electrons. The molecule has 1 aromatic carbocycles. The van der Waals surface area contributed by atoms with Crippen molar-refractivity contribution < 1.29 is 29.2 Å². The maximum Gasteiger partial charge on any atom is 0.123 e. The third-order valence-electron chi connectivity index (χ3n) is 2.90. The highest BCUT2D eigenvalue weighted by molar-refractivity contribution is 5.38. The highest BCUT2D eigenvalue weighted by atomic mass is 16.5. The molecular weight excluding hydrogens is 314 g/mol. The van der Waals surface area contributed by atoms with Crippen molar-refractivity contribution in [3.05, 3.63) is 23.8 Å². The summed E-state index contributed by atoms with van der Waals surface area (Å²) in [5.74, 6) is 1.43. The molecule has 0 unspecified atom stereocenters. The number of ether oxygens (including phenoxy) is 4. The standard InChI is InChI=1S/C17H29NO6/c1-18(2)14-15-11-16(23-9-7-21-5-3-19)13-17(12-15)24-10-8-22-6-4-20/h11-13,19-20H,3-10,14H2,1-2H3. The average molecular weight is 343 g/mol. The van der Waals surface area contributed by atoms with E-state index in [1.54, 1.807) is 0 Å². The van der Waals surface area contributed by atoms with Gasteiger partial charge in [0.2, 0.25) is 0 Å². The first-order valence-corrected chi connectivity index (χ1v) is 8.07. The summed E-state index contributed by atoms with van der Waals surface area (Å²) in [4.78, 5) is 2.07. The van der Waals surface area contributed by atoms with Crippen LogP contribution in [0.2, 0.25) is 0 Å². The van der Waals surface area contributed by atoms with Gasteiger partial charge in [0, 0.05) is 12.6 Å². The Balaban J connectivity index is 2.55. The lowest BCUT2D eigenvalue weighted by Crippen LogP contribution is -2.13. The zero-order valence-corrected chi connectivity index (χ0v) is 14.6. The number of aliphatic hydroxyl groups is 2. The summed E-state index contributed by atoms with van der Waals surface area (Å²) in [5, 5.41) is 17.3. The van der Waals surface area contributed by atoms with Gasteiger partial charge in [-0.1, -0.05) is 0 Å². The van der Waals surface area contributed by atoms with Crippen LogP contribution in [0.4, 0.5) is 0 Å². The molecule has 0 heterocycles. The van der Waals surface area contributed by atoms with Crippen LogP contribution in [0.3, 0.4) is 0 Å². The fourth-order valence-corrected chi connectivity index (χ4v) is 2.02. The Kier molecular flexibility index (Phi) is 11.2. The van der Waals surface area contributed by atoms with Crippen LogP contribution in [0.1, 0.15) is 5.56 Å². The second-order valence-corrected chi connectivity index (χ2v) is 5.42. The van der Waals surface area contributed by atoms with Crippen LogP contribution in [0.25, 0.3) is 0 Å². The Morgan fingerprint density at radius 3 is 1.67 bits per heavy atom. The SMILES string of the molecule is CN(C)Cc1cc(OCCOCCO)cc(OCCOCCO)c1. The zero-order chi connectivity index (χ0) is 17.6. The number of hydrogen-bond acceptors (Lipinski definition) is 7. The summed E-state index contributed by atoms with van der Waals surface area (Å²) >= 11 is 0. The Hall–Kier alpha value is -1.38. The van der Waals surface area contributed by atoms with Crippen molar-refractivity contribution in [3.63, 3.8) is 0 Å². The van der Waals surface area contributed by atoms with Gasteiger partial charge in [0.05, 0.1) is 39.6 Å². The Bertz CT molecular complexity index is 409. The predicted octanol–water partition coefficient (Wildman–Crippen LogP) is 0.524. The Morgan fingerprint density at radius 2 is 1.25 bits per heavy atom. The van der Waals surface area contributed by atoms with Gasteiger partial charge in [-0.2, -0.15) is 0 Å². The van der Waals surface area contributed by atoms with Crippen LogP contribution in [-0.4, -0.2) is 82.1 Å². The molecule has 0 amide bonds. The molecule has 1 rings (SSSR count). The molecular formula is C17H29NO6. The molecule has 0 bridgehead atoms.